The quantitative estimate of drug-likeness (QED) is 0.388. The molecule has 0 spiro atoms. The molecular weight excluding hydrogens is 451 g/mol. The number of carbonyl (C=O) groups is 2. The number of halogens is 1. The van der Waals surface area contributed by atoms with Gasteiger partial charge in [0, 0.05) is 38.2 Å². The van der Waals surface area contributed by atoms with Crippen molar-refractivity contribution in [2.45, 2.75) is 31.9 Å². The lowest BCUT2D eigenvalue weighted by Crippen LogP contribution is -2.38. The Morgan fingerprint density at radius 2 is 1.83 bits per heavy atom. The van der Waals surface area contributed by atoms with E-state index in [0.29, 0.717) is 43.7 Å². The summed E-state index contributed by atoms with van der Waals surface area (Å²) in [6, 6.07) is 10.2. The van der Waals surface area contributed by atoms with Crippen LogP contribution in [0.3, 0.4) is 0 Å². The van der Waals surface area contributed by atoms with Gasteiger partial charge in [-0.15, -0.1) is 0 Å². The molecule has 8 heteroatoms. The number of carbonyl (C=O) groups excluding carboxylic acids is 2. The molecule has 35 heavy (non-hydrogen) atoms. The maximum absolute atomic E-state index is 13.7. The number of aliphatic hydroxyl groups is 1. The van der Waals surface area contributed by atoms with E-state index >= 15 is 0 Å². The van der Waals surface area contributed by atoms with Crippen molar-refractivity contribution in [3.8, 4) is 5.75 Å². The third kappa shape index (κ3) is 4.68. The number of likely N-dealkylation sites (tertiary alicyclic amines) is 1. The van der Waals surface area contributed by atoms with E-state index in [1.165, 1.54) is 17.0 Å². The summed E-state index contributed by atoms with van der Waals surface area (Å²) in [6.45, 7) is 6.12. The van der Waals surface area contributed by atoms with E-state index in [0.717, 1.165) is 30.9 Å². The van der Waals surface area contributed by atoms with E-state index in [-0.39, 0.29) is 17.4 Å². The number of ether oxygens (including phenoxy) is 2. The fraction of sp³-hybridized carbons (Fsp3) is 0.407. The molecular formula is C27H29FN2O5. The third-order valence-corrected chi connectivity index (χ3v) is 6.87. The van der Waals surface area contributed by atoms with Crippen LogP contribution in [0.5, 0.6) is 5.75 Å². The number of Topliss-reactive ketones (excluding diaryl/α,β-unsaturated/α-hetero) is 1. The molecule has 0 radical (unpaired) electrons. The summed E-state index contributed by atoms with van der Waals surface area (Å²) in [7, 11) is 0. The minimum absolute atomic E-state index is 0.0277. The van der Waals surface area contributed by atoms with Crippen LogP contribution >= 0.6 is 0 Å². The maximum atomic E-state index is 13.7. The molecule has 2 saturated heterocycles. The van der Waals surface area contributed by atoms with Crippen molar-refractivity contribution in [2.24, 2.45) is 0 Å². The second kappa shape index (κ2) is 9.79. The SMILES string of the molecule is CC1Cc2cc(/C(O)=C3\C(=O)C(=O)N(CCCN4CCOCC4)C3c3ccc(F)cc3)ccc2O1. The predicted molar refractivity (Wildman–Crippen MR) is 128 cm³/mol. The molecule has 184 valence electrons. The molecule has 2 aromatic rings. The number of fused-ring (bicyclic) bond motifs is 1. The number of aliphatic hydroxyl groups excluding tert-OH is 1. The highest BCUT2D eigenvalue weighted by Crippen LogP contribution is 2.40. The highest BCUT2D eigenvalue weighted by atomic mass is 19.1. The Hall–Kier alpha value is -3.23. The summed E-state index contributed by atoms with van der Waals surface area (Å²) >= 11 is 0. The molecule has 3 heterocycles. The highest BCUT2D eigenvalue weighted by molar-refractivity contribution is 6.46. The first-order valence-electron chi connectivity index (χ1n) is 12.1. The van der Waals surface area contributed by atoms with E-state index in [9.17, 15) is 19.1 Å². The number of benzene rings is 2. The first-order valence-corrected chi connectivity index (χ1v) is 12.1. The minimum atomic E-state index is -0.788. The standard InChI is InChI=1S/C27H29FN2O5/c1-17-15-20-16-19(5-8-22(20)35-17)25(31)23-24(18-3-6-21(28)7-4-18)30(27(33)26(23)32)10-2-9-29-11-13-34-14-12-29/h3-8,16-17,24,31H,2,9-15H2,1H3/b25-23+. The molecule has 1 N–H and O–H groups in total. The molecule has 0 aromatic heterocycles. The zero-order chi connectivity index (χ0) is 24.5. The van der Waals surface area contributed by atoms with Crippen molar-refractivity contribution < 1.29 is 28.6 Å². The van der Waals surface area contributed by atoms with E-state index in [1.807, 2.05) is 13.0 Å². The fourth-order valence-electron chi connectivity index (χ4n) is 5.12. The summed E-state index contributed by atoms with van der Waals surface area (Å²) in [5.74, 6) is -1.26. The Bertz CT molecular complexity index is 1160. The molecule has 7 nitrogen and oxygen atoms in total. The van der Waals surface area contributed by atoms with Crippen LogP contribution < -0.4 is 4.74 Å². The number of amides is 1. The lowest BCUT2D eigenvalue weighted by atomic mass is 9.94. The summed E-state index contributed by atoms with van der Waals surface area (Å²) in [5, 5.41) is 11.3. The van der Waals surface area contributed by atoms with Gasteiger partial charge >= 0.3 is 0 Å². The van der Waals surface area contributed by atoms with E-state index in [2.05, 4.69) is 4.90 Å². The van der Waals surface area contributed by atoms with Gasteiger partial charge in [0.2, 0.25) is 0 Å². The van der Waals surface area contributed by atoms with Crippen LogP contribution in [0, 0.1) is 5.82 Å². The number of nitrogens with zero attached hydrogens (tertiary/aromatic N) is 2. The molecule has 2 unspecified atom stereocenters. The third-order valence-electron chi connectivity index (χ3n) is 6.87. The second-order valence-corrected chi connectivity index (χ2v) is 9.31. The summed E-state index contributed by atoms with van der Waals surface area (Å²) in [4.78, 5) is 30.1. The molecule has 3 aliphatic rings. The van der Waals surface area contributed by atoms with E-state index < -0.39 is 23.5 Å². The van der Waals surface area contributed by atoms with E-state index in [1.54, 1.807) is 24.3 Å². The van der Waals surface area contributed by atoms with Crippen molar-refractivity contribution in [1.29, 1.82) is 0 Å². The van der Waals surface area contributed by atoms with Gasteiger partial charge in [0.1, 0.15) is 23.4 Å². The van der Waals surface area contributed by atoms with Gasteiger partial charge in [-0.2, -0.15) is 0 Å². The normalized spacial score (nSPS) is 24.0. The largest absolute Gasteiger partial charge is 0.507 e. The fourth-order valence-corrected chi connectivity index (χ4v) is 5.12. The maximum Gasteiger partial charge on any atom is 0.295 e. The average molecular weight is 481 g/mol. The van der Waals surface area contributed by atoms with Gasteiger partial charge in [0.15, 0.2) is 0 Å². The van der Waals surface area contributed by atoms with Crippen LogP contribution in [0.25, 0.3) is 5.76 Å². The smallest absolute Gasteiger partial charge is 0.295 e. The lowest BCUT2D eigenvalue weighted by molar-refractivity contribution is -0.140. The van der Waals surface area contributed by atoms with Crippen molar-refractivity contribution in [3.63, 3.8) is 0 Å². The van der Waals surface area contributed by atoms with Gasteiger partial charge in [-0.25, -0.2) is 4.39 Å². The summed E-state index contributed by atoms with van der Waals surface area (Å²) < 4.78 is 24.8. The molecule has 5 rings (SSSR count). The first-order chi connectivity index (χ1) is 16.9. The Balaban J connectivity index is 1.47. The molecule has 0 bridgehead atoms. The van der Waals surface area contributed by atoms with E-state index in [4.69, 9.17) is 9.47 Å². The van der Waals surface area contributed by atoms with Gasteiger partial charge < -0.3 is 19.5 Å². The monoisotopic (exact) mass is 480 g/mol. The Kier molecular flexibility index (Phi) is 6.58. The minimum Gasteiger partial charge on any atom is -0.507 e. The second-order valence-electron chi connectivity index (χ2n) is 9.31. The Labute approximate surface area is 203 Å². The van der Waals surface area contributed by atoms with Crippen LogP contribution in [0.15, 0.2) is 48.0 Å². The molecule has 2 atom stereocenters. The molecule has 0 aliphatic carbocycles. The van der Waals surface area contributed by atoms with Gasteiger partial charge in [-0.05, 0) is 54.8 Å². The number of rotatable bonds is 6. The topological polar surface area (TPSA) is 79.3 Å². The van der Waals surface area contributed by atoms with Crippen molar-refractivity contribution in [3.05, 3.63) is 70.5 Å². The summed E-state index contributed by atoms with van der Waals surface area (Å²) in [6.07, 6.45) is 1.41. The van der Waals surface area contributed by atoms with Crippen LogP contribution in [0.1, 0.15) is 36.1 Å². The lowest BCUT2D eigenvalue weighted by Gasteiger charge is -2.29. The predicted octanol–water partition coefficient (Wildman–Crippen LogP) is 3.29. The number of hydrogen-bond donors (Lipinski definition) is 1. The average Bonchev–Trinajstić information content (AvgIpc) is 3.36. The van der Waals surface area contributed by atoms with Crippen molar-refractivity contribution in [2.75, 3.05) is 39.4 Å². The van der Waals surface area contributed by atoms with Crippen LogP contribution in [-0.4, -0.2) is 72.1 Å². The Morgan fingerprint density at radius 3 is 2.57 bits per heavy atom. The molecule has 0 saturated carbocycles. The number of hydrogen-bond acceptors (Lipinski definition) is 6. The van der Waals surface area contributed by atoms with Crippen LogP contribution in [0.2, 0.25) is 0 Å². The first kappa shape index (κ1) is 23.5. The highest BCUT2D eigenvalue weighted by Gasteiger charge is 2.46. The van der Waals surface area contributed by atoms with Crippen molar-refractivity contribution in [1.82, 2.24) is 9.80 Å². The van der Waals surface area contributed by atoms with Crippen LogP contribution in [0.4, 0.5) is 4.39 Å². The zero-order valence-corrected chi connectivity index (χ0v) is 19.7. The van der Waals surface area contributed by atoms with Crippen LogP contribution in [-0.2, 0) is 20.7 Å². The number of ketones is 1. The molecule has 2 aromatic carbocycles. The van der Waals surface area contributed by atoms with Gasteiger partial charge in [-0.1, -0.05) is 12.1 Å². The molecule has 1 amide bonds. The Morgan fingerprint density at radius 1 is 1.09 bits per heavy atom. The number of morpholine rings is 1. The zero-order valence-electron chi connectivity index (χ0n) is 19.7. The van der Waals surface area contributed by atoms with Crippen molar-refractivity contribution >= 4 is 17.4 Å². The van der Waals surface area contributed by atoms with Gasteiger partial charge in [0.05, 0.1) is 24.8 Å². The van der Waals surface area contributed by atoms with Gasteiger partial charge in [0.25, 0.3) is 11.7 Å². The molecule has 3 aliphatic heterocycles. The molecule has 2 fully saturated rings. The van der Waals surface area contributed by atoms with Gasteiger partial charge in [-0.3, -0.25) is 14.5 Å². The summed E-state index contributed by atoms with van der Waals surface area (Å²) in [5.41, 5.74) is 2.01.